The van der Waals surface area contributed by atoms with Gasteiger partial charge in [-0.25, -0.2) is 0 Å². The topological polar surface area (TPSA) is 70.4 Å². The Morgan fingerprint density at radius 1 is 1.30 bits per heavy atom. The van der Waals surface area contributed by atoms with Gasteiger partial charge in [0.25, 0.3) is 10.2 Å². The molecule has 0 bridgehead atoms. The highest BCUT2D eigenvalue weighted by molar-refractivity contribution is 7.86. The predicted octanol–water partition coefficient (Wildman–Crippen LogP) is -1.15. The number of morpholine rings is 1. The van der Waals surface area contributed by atoms with Crippen molar-refractivity contribution in [3.05, 3.63) is 0 Å². The lowest BCUT2D eigenvalue weighted by Crippen LogP contribution is -2.40. The second-order valence-corrected chi connectivity index (χ2v) is 3.48. The van der Waals surface area contributed by atoms with Crippen molar-refractivity contribution >= 4 is 10.2 Å². The number of hydrogen-bond donors (Lipinski definition) is 0. The minimum absolute atomic E-state index is 0.311. The molecule has 0 aromatic carbocycles. The summed E-state index contributed by atoms with van der Waals surface area (Å²) in [5, 5.41) is 6.67. The van der Waals surface area contributed by atoms with E-state index in [4.69, 9.17) is 9.88 Å². The predicted molar refractivity (Wildman–Crippen MR) is 34.4 cm³/mol. The van der Waals surface area contributed by atoms with E-state index in [1.165, 1.54) is 0 Å². The maximum absolute atomic E-state index is 10.5. The van der Waals surface area contributed by atoms with Gasteiger partial charge in [-0.2, -0.15) is 12.7 Å². The van der Waals surface area contributed by atoms with Gasteiger partial charge in [0.1, 0.15) is 0 Å². The summed E-state index contributed by atoms with van der Waals surface area (Å²) in [6.07, 6.45) is 0. The van der Waals surface area contributed by atoms with Crippen molar-refractivity contribution < 1.29 is 13.2 Å². The van der Waals surface area contributed by atoms with Gasteiger partial charge in [0, 0.05) is 13.1 Å². The van der Waals surface area contributed by atoms with E-state index in [-0.39, 0.29) is 0 Å². The zero-order chi connectivity index (χ0) is 7.61. The van der Waals surface area contributed by atoms with Crippen LogP contribution in [0.5, 0.6) is 0 Å². The van der Waals surface area contributed by atoms with E-state index in [2.05, 4.69) is 0 Å². The van der Waals surface area contributed by atoms with Gasteiger partial charge >= 0.3 is 0 Å². The summed E-state index contributed by atoms with van der Waals surface area (Å²) in [5.41, 5.74) is 0. The SMILES string of the molecule is [NH]S(=O)(=O)N1CCOCC1. The van der Waals surface area contributed by atoms with Crippen molar-refractivity contribution in [3.63, 3.8) is 0 Å². The molecule has 0 spiro atoms. The molecule has 0 unspecified atom stereocenters. The van der Waals surface area contributed by atoms with Crippen LogP contribution in [0.4, 0.5) is 0 Å². The summed E-state index contributed by atoms with van der Waals surface area (Å²) in [6, 6.07) is 0. The number of nitrogens with zero attached hydrogens (tertiary/aromatic N) is 1. The average Bonchev–Trinajstić information content (AvgIpc) is 1.88. The Bertz CT molecular complexity index is 195. The lowest BCUT2D eigenvalue weighted by atomic mass is 10.5. The van der Waals surface area contributed by atoms with E-state index in [1.807, 2.05) is 0 Å². The molecule has 0 aromatic heterocycles. The summed E-state index contributed by atoms with van der Waals surface area (Å²) >= 11 is 0. The third kappa shape index (κ3) is 1.91. The van der Waals surface area contributed by atoms with Crippen LogP contribution in [0.25, 0.3) is 0 Å². The van der Waals surface area contributed by atoms with Gasteiger partial charge < -0.3 is 4.74 Å². The smallest absolute Gasteiger partial charge is 0.293 e. The molecule has 0 saturated carbocycles. The van der Waals surface area contributed by atoms with E-state index in [1.54, 1.807) is 0 Å². The summed E-state index contributed by atoms with van der Waals surface area (Å²) in [4.78, 5) is 0. The number of ether oxygens (including phenoxy) is 1. The summed E-state index contributed by atoms with van der Waals surface area (Å²) in [5.74, 6) is 0. The number of hydrogen-bond acceptors (Lipinski definition) is 3. The van der Waals surface area contributed by atoms with E-state index in [0.717, 1.165) is 4.31 Å². The fraction of sp³-hybridized carbons (Fsp3) is 1.00. The maximum atomic E-state index is 10.5. The minimum atomic E-state index is -3.72. The molecule has 0 amide bonds. The quantitative estimate of drug-likeness (QED) is 0.492. The summed E-state index contributed by atoms with van der Waals surface area (Å²) < 4.78 is 27.0. The zero-order valence-corrected chi connectivity index (χ0v) is 6.23. The Morgan fingerprint density at radius 2 is 1.80 bits per heavy atom. The average molecular weight is 165 g/mol. The molecule has 6 heteroatoms. The van der Waals surface area contributed by atoms with Gasteiger partial charge in [-0.3, -0.25) is 0 Å². The Balaban J connectivity index is 2.56. The molecule has 1 heterocycles. The minimum Gasteiger partial charge on any atom is -0.379 e. The van der Waals surface area contributed by atoms with Crippen LogP contribution in [0.1, 0.15) is 0 Å². The van der Waals surface area contributed by atoms with E-state index in [0.29, 0.717) is 26.3 Å². The van der Waals surface area contributed by atoms with Gasteiger partial charge in [-0.05, 0) is 0 Å². The van der Waals surface area contributed by atoms with E-state index >= 15 is 0 Å². The van der Waals surface area contributed by atoms with Crippen LogP contribution >= 0.6 is 0 Å². The van der Waals surface area contributed by atoms with Crippen LogP contribution in [0.15, 0.2) is 0 Å². The first-order valence-corrected chi connectivity index (χ1v) is 4.37. The van der Waals surface area contributed by atoms with Crippen molar-refractivity contribution in [1.29, 1.82) is 0 Å². The van der Waals surface area contributed by atoms with Crippen molar-refractivity contribution in [2.24, 2.45) is 0 Å². The first-order valence-electron chi connectivity index (χ1n) is 2.93. The molecule has 1 N–H and O–H groups in total. The van der Waals surface area contributed by atoms with Crippen LogP contribution < -0.4 is 5.14 Å². The van der Waals surface area contributed by atoms with Crippen molar-refractivity contribution in [2.75, 3.05) is 26.3 Å². The van der Waals surface area contributed by atoms with Gasteiger partial charge in [0.05, 0.1) is 13.2 Å². The van der Waals surface area contributed by atoms with Crippen LogP contribution in [-0.2, 0) is 14.9 Å². The van der Waals surface area contributed by atoms with Crippen LogP contribution in [0, 0.1) is 0 Å². The monoisotopic (exact) mass is 165 g/mol. The fourth-order valence-electron chi connectivity index (χ4n) is 0.787. The normalized spacial score (nSPS) is 22.9. The van der Waals surface area contributed by atoms with Gasteiger partial charge in [0.2, 0.25) is 0 Å². The highest BCUT2D eigenvalue weighted by atomic mass is 32.2. The number of rotatable bonds is 1. The molecule has 1 rings (SSSR count). The fourth-order valence-corrected chi connectivity index (χ4v) is 1.42. The molecular weight excluding hydrogens is 156 g/mol. The van der Waals surface area contributed by atoms with Gasteiger partial charge in [-0.1, -0.05) is 0 Å². The Morgan fingerprint density at radius 3 is 2.10 bits per heavy atom. The highest BCUT2D eigenvalue weighted by Crippen LogP contribution is 2.00. The maximum Gasteiger partial charge on any atom is 0.293 e. The molecule has 0 aliphatic carbocycles. The standard InChI is InChI=1S/C4H9N2O3S/c5-10(7,8)6-1-3-9-4-2-6/h5H,1-4H2. The molecule has 1 radical (unpaired) electrons. The molecule has 10 heavy (non-hydrogen) atoms. The van der Waals surface area contributed by atoms with Crippen LogP contribution in [0.2, 0.25) is 0 Å². The first kappa shape index (κ1) is 7.93. The zero-order valence-electron chi connectivity index (χ0n) is 5.41. The third-order valence-electron chi connectivity index (χ3n) is 1.31. The van der Waals surface area contributed by atoms with Crippen molar-refractivity contribution in [2.45, 2.75) is 0 Å². The molecule has 5 nitrogen and oxygen atoms in total. The van der Waals surface area contributed by atoms with Gasteiger partial charge in [-0.15, -0.1) is 5.14 Å². The van der Waals surface area contributed by atoms with Gasteiger partial charge in [0.15, 0.2) is 0 Å². The van der Waals surface area contributed by atoms with Crippen LogP contribution in [-0.4, -0.2) is 39.0 Å². The molecule has 0 aromatic rings. The Hall–Kier alpha value is -0.170. The molecular formula is C4H9N2O3S. The second kappa shape index (κ2) is 2.83. The first-order chi connectivity index (χ1) is 4.61. The Labute approximate surface area is 59.9 Å². The highest BCUT2D eigenvalue weighted by Gasteiger charge is 2.20. The largest absolute Gasteiger partial charge is 0.379 e. The van der Waals surface area contributed by atoms with Crippen molar-refractivity contribution in [1.82, 2.24) is 9.44 Å². The third-order valence-corrected chi connectivity index (χ3v) is 2.35. The molecule has 1 aliphatic heterocycles. The Kier molecular flexibility index (Phi) is 2.24. The molecule has 1 fully saturated rings. The van der Waals surface area contributed by atoms with E-state index < -0.39 is 10.2 Å². The van der Waals surface area contributed by atoms with Crippen molar-refractivity contribution in [3.8, 4) is 0 Å². The van der Waals surface area contributed by atoms with E-state index in [9.17, 15) is 8.42 Å². The lowest BCUT2D eigenvalue weighted by molar-refractivity contribution is 0.0729. The number of nitrogens with one attached hydrogen (secondary N) is 1. The molecule has 59 valence electrons. The summed E-state index contributed by atoms with van der Waals surface area (Å²) in [7, 11) is -3.72. The second-order valence-electron chi connectivity index (χ2n) is 2.02. The summed E-state index contributed by atoms with van der Waals surface area (Å²) in [6.45, 7) is 1.42. The molecule has 1 aliphatic rings. The van der Waals surface area contributed by atoms with Crippen LogP contribution in [0.3, 0.4) is 0 Å². The molecule has 1 saturated heterocycles. The molecule has 0 atom stereocenters. The lowest BCUT2D eigenvalue weighted by Gasteiger charge is -2.22.